The van der Waals surface area contributed by atoms with Gasteiger partial charge < -0.3 is 28.4 Å². The summed E-state index contributed by atoms with van der Waals surface area (Å²) in [6.07, 6.45) is -8.67. The third-order valence-electron chi connectivity index (χ3n) is 13.0. The molecule has 352 valence electrons. The molecular formula is C61H42O11. The molecular weight excluding hydrogens is 909 g/mol. The fourth-order valence-electron chi connectivity index (χ4n) is 9.49. The third kappa shape index (κ3) is 8.85. The molecule has 1 aliphatic rings. The summed E-state index contributed by atoms with van der Waals surface area (Å²) in [5.74, 6) is -4.26. The van der Waals surface area contributed by atoms with Crippen molar-refractivity contribution in [3.8, 4) is 0 Å². The number of ether oxygens (including phenoxy) is 6. The molecule has 0 radical (unpaired) electrons. The predicted molar refractivity (Wildman–Crippen MR) is 272 cm³/mol. The Kier molecular flexibility index (Phi) is 12.4. The number of carbonyl (C=O) groups is 5. The van der Waals surface area contributed by atoms with Gasteiger partial charge in [0.1, 0.15) is 12.7 Å². The number of esters is 5. The largest absolute Gasteiger partial charge is 0.459 e. The first-order chi connectivity index (χ1) is 35.3. The zero-order valence-electron chi connectivity index (χ0n) is 38.3. The monoisotopic (exact) mass is 950 g/mol. The van der Waals surface area contributed by atoms with Gasteiger partial charge in [0.05, 0.1) is 27.8 Å². The lowest BCUT2D eigenvalue weighted by Crippen LogP contribution is -2.63. The van der Waals surface area contributed by atoms with Crippen LogP contribution < -0.4 is 0 Å². The normalized spacial score (nSPS) is 17.6. The number of carbonyl (C=O) groups excluding carboxylic acids is 5. The SMILES string of the molecule is O=C(OC[C@H]1OC(OC(=O)c2cccc3ccccc23)[C@H](OC(=O)c2cccc3ccccc23)[C@@H](OC(=O)c2cccc3ccccc23)[C@@H]1OC(=O)c1cccc2ccccc12)c1cccc2ccccc12. The molecule has 1 heterocycles. The van der Waals surface area contributed by atoms with Gasteiger partial charge in [-0.2, -0.15) is 0 Å². The van der Waals surface area contributed by atoms with Crippen LogP contribution in [0.5, 0.6) is 0 Å². The van der Waals surface area contributed by atoms with Gasteiger partial charge in [-0.25, -0.2) is 24.0 Å². The van der Waals surface area contributed by atoms with Gasteiger partial charge in [-0.15, -0.1) is 0 Å². The Morgan fingerprint density at radius 3 is 0.944 bits per heavy atom. The fraction of sp³-hybridized carbons (Fsp3) is 0.0984. The summed E-state index contributed by atoms with van der Waals surface area (Å²) in [6.45, 7) is -0.621. The lowest BCUT2D eigenvalue weighted by atomic mass is 9.96. The molecule has 1 saturated heterocycles. The second kappa shape index (κ2) is 19.7. The maximum atomic E-state index is 14.9. The van der Waals surface area contributed by atoms with Crippen molar-refractivity contribution in [3.63, 3.8) is 0 Å². The molecule has 10 aromatic carbocycles. The van der Waals surface area contributed by atoms with Crippen LogP contribution in [0.25, 0.3) is 53.9 Å². The standard InChI is InChI=1S/C61H42O11/c62-56(47-31-11-21-37-16-1-6-26-42(37)47)67-36-52-53(69-57(63)48-32-12-22-38-17-2-7-27-43(38)48)54(70-58(64)49-33-13-23-39-18-3-8-28-44(39)49)55(71-59(65)50-34-14-24-40-19-4-9-29-45(40)50)61(68-52)72-60(66)51-35-15-25-41-20-5-10-30-46(41)51/h1-35,52-55,61H,36H2/t52-,53-,54+,55-,61?/m1/s1. The zero-order chi connectivity index (χ0) is 49.1. The highest BCUT2D eigenvalue weighted by Gasteiger charge is 2.55. The number of hydrogen-bond acceptors (Lipinski definition) is 11. The molecule has 1 aliphatic heterocycles. The van der Waals surface area contributed by atoms with E-state index in [4.69, 9.17) is 28.4 Å². The van der Waals surface area contributed by atoms with Crippen LogP contribution in [0.3, 0.4) is 0 Å². The first-order valence-corrected chi connectivity index (χ1v) is 23.3. The number of hydrogen-bond donors (Lipinski definition) is 0. The van der Waals surface area contributed by atoms with Gasteiger partial charge >= 0.3 is 29.8 Å². The van der Waals surface area contributed by atoms with Crippen LogP contribution in [0.2, 0.25) is 0 Å². The molecule has 10 aromatic rings. The van der Waals surface area contributed by atoms with Crippen LogP contribution in [-0.2, 0) is 28.4 Å². The highest BCUT2D eigenvalue weighted by atomic mass is 16.7. The minimum Gasteiger partial charge on any atom is -0.459 e. The van der Waals surface area contributed by atoms with Gasteiger partial charge in [0, 0.05) is 0 Å². The number of fused-ring (bicyclic) bond motifs is 5. The molecule has 0 spiro atoms. The molecule has 5 atom stereocenters. The Morgan fingerprint density at radius 1 is 0.306 bits per heavy atom. The average Bonchev–Trinajstić information content (AvgIpc) is 3.42. The van der Waals surface area contributed by atoms with Crippen molar-refractivity contribution in [2.24, 2.45) is 0 Å². The van der Waals surface area contributed by atoms with Crippen LogP contribution >= 0.6 is 0 Å². The maximum absolute atomic E-state index is 14.9. The molecule has 1 unspecified atom stereocenters. The van der Waals surface area contributed by atoms with E-state index in [2.05, 4.69) is 0 Å². The van der Waals surface area contributed by atoms with Crippen LogP contribution in [0.15, 0.2) is 212 Å². The van der Waals surface area contributed by atoms with Crippen molar-refractivity contribution in [2.45, 2.75) is 30.7 Å². The first-order valence-electron chi connectivity index (χ1n) is 23.3. The molecule has 0 bridgehead atoms. The maximum Gasteiger partial charge on any atom is 0.341 e. The Balaban J connectivity index is 1.06. The van der Waals surface area contributed by atoms with Gasteiger partial charge in [0.15, 0.2) is 12.2 Å². The van der Waals surface area contributed by atoms with Crippen LogP contribution in [0, 0.1) is 0 Å². The highest BCUT2D eigenvalue weighted by molar-refractivity contribution is 6.08. The zero-order valence-corrected chi connectivity index (χ0v) is 38.3. The predicted octanol–water partition coefficient (Wildman–Crippen LogP) is 11.9. The van der Waals surface area contributed by atoms with Crippen molar-refractivity contribution in [3.05, 3.63) is 240 Å². The van der Waals surface area contributed by atoms with Gasteiger partial charge in [-0.05, 0) is 84.2 Å². The van der Waals surface area contributed by atoms with Crippen molar-refractivity contribution >= 4 is 83.7 Å². The van der Waals surface area contributed by atoms with E-state index in [1.165, 1.54) is 0 Å². The summed E-state index contributed by atoms with van der Waals surface area (Å²) in [4.78, 5) is 73.3. The van der Waals surface area contributed by atoms with E-state index >= 15 is 0 Å². The summed E-state index contributed by atoms with van der Waals surface area (Å²) < 4.78 is 38.4. The molecule has 0 N–H and O–H groups in total. The Morgan fingerprint density at radius 2 is 0.583 bits per heavy atom. The van der Waals surface area contributed by atoms with E-state index in [9.17, 15) is 24.0 Å². The Bertz CT molecular complexity index is 3730. The summed E-state index contributed by atoms with van der Waals surface area (Å²) in [5.41, 5.74) is 0.840. The fourth-order valence-corrected chi connectivity index (χ4v) is 9.49. The van der Waals surface area contributed by atoms with Crippen molar-refractivity contribution in [1.29, 1.82) is 0 Å². The van der Waals surface area contributed by atoms with E-state index < -0.39 is 67.2 Å². The van der Waals surface area contributed by atoms with Gasteiger partial charge in [0.2, 0.25) is 12.4 Å². The molecule has 0 aromatic heterocycles. The Labute approximate surface area is 412 Å². The second-order valence-corrected chi connectivity index (χ2v) is 17.3. The van der Waals surface area contributed by atoms with E-state index in [1.54, 1.807) is 121 Å². The molecule has 0 saturated carbocycles. The summed E-state index contributed by atoms with van der Waals surface area (Å²) in [7, 11) is 0. The van der Waals surface area contributed by atoms with Gasteiger partial charge in [-0.3, -0.25) is 0 Å². The van der Waals surface area contributed by atoms with Crippen molar-refractivity contribution < 1.29 is 52.4 Å². The number of rotatable bonds is 11. The van der Waals surface area contributed by atoms with E-state index in [1.807, 2.05) is 91.0 Å². The third-order valence-corrected chi connectivity index (χ3v) is 13.0. The van der Waals surface area contributed by atoms with Crippen LogP contribution in [0.1, 0.15) is 51.8 Å². The first kappa shape index (κ1) is 45.3. The van der Waals surface area contributed by atoms with Crippen molar-refractivity contribution in [1.82, 2.24) is 0 Å². The molecule has 0 amide bonds. The second-order valence-electron chi connectivity index (χ2n) is 17.3. The topological polar surface area (TPSA) is 141 Å². The summed E-state index contributed by atoms with van der Waals surface area (Å²) in [6, 6.07) is 61.9. The quantitative estimate of drug-likeness (QED) is 0.0903. The highest BCUT2D eigenvalue weighted by Crippen LogP contribution is 2.35. The molecule has 11 rings (SSSR count). The van der Waals surface area contributed by atoms with Crippen molar-refractivity contribution in [2.75, 3.05) is 6.61 Å². The number of benzene rings is 10. The van der Waals surface area contributed by atoms with Crippen LogP contribution in [0.4, 0.5) is 0 Å². The smallest absolute Gasteiger partial charge is 0.341 e. The molecule has 1 fully saturated rings. The minimum atomic E-state index is -1.87. The summed E-state index contributed by atoms with van der Waals surface area (Å²) in [5, 5.41) is 6.59. The molecule has 72 heavy (non-hydrogen) atoms. The summed E-state index contributed by atoms with van der Waals surface area (Å²) >= 11 is 0. The Hall–Kier alpha value is -9.19. The average molecular weight is 951 g/mol. The van der Waals surface area contributed by atoms with E-state index in [0.29, 0.717) is 26.9 Å². The molecule has 0 aliphatic carbocycles. The molecule has 11 nitrogen and oxygen atoms in total. The van der Waals surface area contributed by atoms with E-state index in [-0.39, 0.29) is 27.8 Å². The lowest BCUT2D eigenvalue weighted by molar-refractivity contribution is -0.282. The van der Waals surface area contributed by atoms with Gasteiger partial charge in [0.25, 0.3) is 0 Å². The minimum absolute atomic E-state index is 0.140. The van der Waals surface area contributed by atoms with Crippen LogP contribution in [-0.4, -0.2) is 67.2 Å². The van der Waals surface area contributed by atoms with E-state index in [0.717, 1.165) is 26.9 Å². The molecule has 11 heteroatoms. The van der Waals surface area contributed by atoms with Gasteiger partial charge in [-0.1, -0.05) is 182 Å². The lowest BCUT2D eigenvalue weighted by Gasteiger charge is -2.44.